The van der Waals surface area contributed by atoms with E-state index in [2.05, 4.69) is 47.1 Å². The van der Waals surface area contributed by atoms with Crippen molar-refractivity contribution in [2.24, 2.45) is 11.8 Å². The maximum atomic E-state index is 16.2. The molecule has 2 bridgehead atoms. The van der Waals surface area contributed by atoms with Gasteiger partial charge in [-0.3, -0.25) is 9.29 Å². The summed E-state index contributed by atoms with van der Waals surface area (Å²) in [5.41, 5.74) is 5.95. The van der Waals surface area contributed by atoms with Crippen LogP contribution in [0.1, 0.15) is 86.2 Å². The van der Waals surface area contributed by atoms with Crippen LogP contribution in [0.3, 0.4) is 0 Å². The van der Waals surface area contributed by atoms with E-state index in [4.69, 9.17) is 4.74 Å². The van der Waals surface area contributed by atoms with Gasteiger partial charge in [0.25, 0.3) is 0 Å². The fourth-order valence-electron chi connectivity index (χ4n) is 9.00. The van der Waals surface area contributed by atoms with Crippen molar-refractivity contribution < 1.29 is 13.5 Å². The van der Waals surface area contributed by atoms with Crippen LogP contribution in [0.4, 0.5) is 8.78 Å². The predicted octanol–water partition coefficient (Wildman–Crippen LogP) is 7.20. The van der Waals surface area contributed by atoms with Gasteiger partial charge in [-0.05, 0) is 93.4 Å². The first-order chi connectivity index (χ1) is 17.6. The average Bonchev–Trinajstić information content (AvgIpc) is 3.41. The highest BCUT2D eigenvalue weighted by Gasteiger charge is 2.73. The summed E-state index contributed by atoms with van der Waals surface area (Å²) in [7, 11) is 0. The molecule has 3 heterocycles. The van der Waals surface area contributed by atoms with Crippen molar-refractivity contribution in [1.82, 2.24) is 9.88 Å². The van der Waals surface area contributed by atoms with E-state index in [1.54, 1.807) is 6.07 Å². The molecule has 5 heteroatoms. The lowest BCUT2D eigenvalue weighted by atomic mass is 9.37. The van der Waals surface area contributed by atoms with Crippen molar-refractivity contribution in [2.75, 3.05) is 6.67 Å². The van der Waals surface area contributed by atoms with Gasteiger partial charge in [-0.25, -0.2) is 4.39 Å². The summed E-state index contributed by atoms with van der Waals surface area (Å²) in [5.74, 6) is 2.21. The molecule has 6 aliphatic rings. The summed E-state index contributed by atoms with van der Waals surface area (Å²) in [6.45, 7) is 2.10. The average molecular weight is 489 g/mol. The quantitative estimate of drug-likeness (QED) is 0.411. The lowest BCUT2D eigenvalue weighted by Crippen LogP contribution is -2.78. The molecule has 1 N–H and O–H groups in total. The van der Waals surface area contributed by atoms with Gasteiger partial charge in [-0.15, -0.1) is 0 Å². The summed E-state index contributed by atoms with van der Waals surface area (Å²) in [6, 6.07) is 12.7. The molecule has 9 rings (SSSR count). The highest BCUT2D eigenvalue weighted by atomic mass is 19.1. The summed E-state index contributed by atoms with van der Waals surface area (Å²) in [4.78, 5) is 6.41. The number of halogens is 2. The molecule has 3 aromatic rings. The Kier molecular flexibility index (Phi) is 4.55. The number of ether oxygens (including phenoxy) is 1. The van der Waals surface area contributed by atoms with Crippen molar-refractivity contribution in [2.45, 2.75) is 87.9 Å². The van der Waals surface area contributed by atoms with Crippen LogP contribution in [0.2, 0.25) is 0 Å². The number of nitrogens with zero attached hydrogens (tertiary/aromatic N) is 1. The van der Waals surface area contributed by atoms with E-state index in [1.165, 1.54) is 35.0 Å². The van der Waals surface area contributed by atoms with Crippen LogP contribution < -0.4 is 4.74 Å². The number of nitrogens with one attached hydrogen (secondary N) is 1. The van der Waals surface area contributed by atoms with E-state index in [0.717, 1.165) is 43.2 Å². The van der Waals surface area contributed by atoms with Crippen LogP contribution in [-0.2, 0) is 6.42 Å². The third-order valence-corrected chi connectivity index (χ3v) is 10.5. The van der Waals surface area contributed by atoms with Gasteiger partial charge >= 0.3 is 0 Å². The smallest absolute Gasteiger partial charge is 0.132 e. The number of H-pyrrole nitrogens is 1. The molecule has 2 aromatic carbocycles. The Morgan fingerprint density at radius 3 is 2.83 bits per heavy atom. The van der Waals surface area contributed by atoms with Crippen molar-refractivity contribution in [3.63, 3.8) is 0 Å². The third-order valence-electron chi connectivity index (χ3n) is 10.5. The molecule has 5 atom stereocenters. The van der Waals surface area contributed by atoms with E-state index < -0.39 is 0 Å². The molecular weight excluding hydrogens is 454 g/mol. The van der Waals surface area contributed by atoms with Crippen LogP contribution in [0, 0.1) is 17.7 Å². The van der Waals surface area contributed by atoms with Gasteiger partial charge in [0.1, 0.15) is 11.6 Å². The van der Waals surface area contributed by atoms with Gasteiger partial charge in [-0.2, -0.15) is 0 Å². The van der Waals surface area contributed by atoms with Gasteiger partial charge < -0.3 is 9.72 Å². The van der Waals surface area contributed by atoms with E-state index in [9.17, 15) is 4.39 Å². The second-order valence-electron chi connectivity index (χ2n) is 12.3. The fraction of sp³-hybridized carbons (Fsp3) is 0.548. The van der Waals surface area contributed by atoms with Crippen molar-refractivity contribution in [3.8, 4) is 5.75 Å². The largest absolute Gasteiger partial charge is 0.490 e. The second-order valence-corrected chi connectivity index (χ2v) is 12.3. The second kappa shape index (κ2) is 7.56. The van der Waals surface area contributed by atoms with Crippen molar-refractivity contribution in [3.05, 3.63) is 64.6 Å². The molecule has 3 unspecified atom stereocenters. The normalized spacial score (nSPS) is 35.9. The van der Waals surface area contributed by atoms with Gasteiger partial charge in [0.15, 0.2) is 0 Å². The summed E-state index contributed by atoms with van der Waals surface area (Å²) < 4.78 is 35.2. The molecule has 4 fully saturated rings. The Labute approximate surface area is 211 Å². The van der Waals surface area contributed by atoms with E-state index in [0.29, 0.717) is 36.0 Å². The molecule has 2 aliphatic heterocycles. The van der Waals surface area contributed by atoms with Crippen LogP contribution in [0.5, 0.6) is 5.75 Å². The van der Waals surface area contributed by atoms with Crippen LogP contribution in [0.15, 0.2) is 36.4 Å². The zero-order valence-electron chi connectivity index (χ0n) is 20.9. The number of fused-ring (bicyclic) bond motifs is 7. The van der Waals surface area contributed by atoms with Crippen LogP contribution in [0.25, 0.3) is 10.9 Å². The van der Waals surface area contributed by atoms with Crippen molar-refractivity contribution in [1.29, 1.82) is 0 Å². The number of hydrogen-bond acceptors (Lipinski definition) is 2. The molecule has 0 amide bonds. The zero-order chi connectivity index (χ0) is 24.2. The minimum Gasteiger partial charge on any atom is -0.490 e. The SMILES string of the molecule is C[C@@H]1Cc2c([nH]c3ccccc23)[C@H]2c3c(F)cc(OC4CCC(CCCF)C4)cc3C3C4CC3(C4)N21. The lowest BCUT2D eigenvalue weighted by molar-refractivity contribution is -0.209. The molecule has 0 saturated heterocycles. The Bertz CT molecular complexity index is 1360. The van der Waals surface area contributed by atoms with E-state index >= 15 is 4.39 Å². The minimum absolute atomic E-state index is 0.0609. The molecule has 188 valence electrons. The maximum absolute atomic E-state index is 16.2. The minimum atomic E-state index is -0.239. The fourth-order valence-corrected chi connectivity index (χ4v) is 9.00. The predicted molar refractivity (Wildman–Crippen MR) is 137 cm³/mol. The zero-order valence-corrected chi connectivity index (χ0v) is 20.9. The Balaban J connectivity index is 1.20. The Morgan fingerprint density at radius 1 is 1.17 bits per heavy atom. The topological polar surface area (TPSA) is 28.3 Å². The third kappa shape index (κ3) is 2.76. The maximum Gasteiger partial charge on any atom is 0.132 e. The monoisotopic (exact) mass is 488 g/mol. The number of rotatable bonds is 5. The molecular formula is C31H34F2N2O. The molecule has 4 aliphatic carbocycles. The molecule has 0 radical (unpaired) electrons. The summed E-state index contributed by atoms with van der Waals surface area (Å²) in [5, 5.41) is 1.28. The first-order valence-electron chi connectivity index (χ1n) is 14.0. The number of para-hydroxylation sites is 1. The number of aromatic amines is 1. The molecule has 1 aromatic heterocycles. The van der Waals surface area contributed by atoms with Crippen molar-refractivity contribution >= 4 is 10.9 Å². The van der Waals surface area contributed by atoms with Gasteiger partial charge in [0, 0.05) is 45.7 Å². The standard InChI is InChI=1S/C31H34F2N2O/c1-17-11-23-22-6-2-3-7-26(22)34-29(23)30-27-24(28-19-15-31(28,16-19)35(17)30)13-21(14-25(27)33)36-20-9-8-18(12-20)5-4-10-32/h2-3,6-7,13-14,17-20,28,30,34H,4-5,8-12,15-16H2,1H3/t17-,18?,19?,20?,28?,30-,31?/m1/s1. The summed E-state index contributed by atoms with van der Waals surface area (Å²) in [6.07, 6.45) is 8.21. The number of benzene rings is 2. The van der Waals surface area contributed by atoms with Crippen LogP contribution in [-0.4, -0.2) is 34.2 Å². The molecule has 3 nitrogen and oxygen atoms in total. The van der Waals surface area contributed by atoms with Gasteiger partial charge in [0.05, 0.1) is 18.8 Å². The highest BCUT2D eigenvalue weighted by Crippen LogP contribution is 2.75. The number of alkyl halides is 1. The Morgan fingerprint density at radius 2 is 2.03 bits per heavy atom. The molecule has 1 spiro atoms. The molecule has 36 heavy (non-hydrogen) atoms. The lowest BCUT2D eigenvalue weighted by Gasteiger charge is -2.77. The first-order valence-corrected chi connectivity index (χ1v) is 14.0. The Hall–Kier alpha value is -2.40. The van der Waals surface area contributed by atoms with Crippen LogP contribution >= 0.6 is 0 Å². The van der Waals surface area contributed by atoms with Gasteiger partial charge in [-0.1, -0.05) is 18.2 Å². The van der Waals surface area contributed by atoms with Gasteiger partial charge in [0.2, 0.25) is 0 Å². The molecule has 4 saturated carbocycles. The van der Waals surface area contributed by atoms with E-state index in [1.807, 2.05) is 0 Å². The van der Waals surface area contributed by atoms with E-state index in [-0.39, 0.29) is 30.2 Å². The first kappa shape index (κ1) is 21.7. The number of aromatic nitrogens is 1. The number of hydrogen-bond donors (Lipinski definition) is 1. The summed E-state index contributed by atoms with van der Waals surface area (Å²) >= 11 is 0. The highest BCUT2D eigenvalue weighted by molar-refractivity contribution is 5.85.